The van der Waals surface area contributed by atoms with Gasteiger partial charge in [-0.25, -0.2) is 4.79 Å². The van der Waals surface area contributed by atoms with E-state index in [1.807, 2.05) is 12.1 Å². The molecule has 88 valence electrons. The van der Waals surface area contributed by atoms with Gasteiger partial charge in [0, 0.05) is 7.05 Å². The van der Waals surface area contributed by atoms with Gasteiger partial charge in [-0.05, 0) is 12.1 Å². The number of nitrogens with two attached hydrogens (primary N) is 1. The standard InChI is InChI=1S/C11H12N4O2/c1-15-10(7(6-13-15)11(16)17)14-9-5-3-2-4-8(9)12/h2-6,14H,12H2,1H3,(H,16,17). The summed E-state index contributed by atoms with van der Waals surface area (Å²) in [6.45, 7) is 0. The van der Waals surface area contributed by atoms with Crippen LogP contribution in [0.4, 0.5) is 17.2 Å². The molecule has 6 heteroatoms. The minimum absolute atomic E-state index is 0.107. The van der Waals surface area contributed by atoms with Crippen LogP contribution in [0.2, 0.25) is 0 Å². The lowest BCUT2D eigenvalue weighted by Crippen LogP contribution is -2.06. The Kier molecular flexibility index (Phi) is 2.70. The van der Waals surface area contributed by atoms with E-state index >= 15 is 0 Å². The molecule has 4 N–H and O–H groups in total. The summed E-state index contributed by atoms with van der Waals surface area (Å²) < 4.78 is 1.45. The number of aromatic nitrogens is 2. The summed E-state index contributed by atoms with van der Waals surface area (Å²) in [7, 11) is 1.66. The monoisotopic (exact) mass is 232 g/mol. The molecular formula is C11H12N4O2. The number of aromatic carboxylic acids is 1. The maximum absolute atomic E-state index is 11.0. The van der Waals surface area contributed by atoms with Gasteiger partial charge in [0.05, 0.1) is 17.6 Å². The Bertz CT molecular complexity index is 562. The molecule has 0 amide bonds. The van der Waals surface area contributed by atoms with Crippen LogP contribution in [0, 0.1) is 0 Å². The number of carboxylic acid groups (broad SMARTS) is 1. The van der Waals surface area contributed by atoms with Crippen LogP contribution in [-0.4, -0.2) is 20.9 Å². The van der Waals surface area contributed by atoms with Crippen LogP contribution in [0.5, 0.6) is 0 Å². The molecule has 0 aliphatic carbocycles. The lowest BCUT2D eigenvalue weighted by Gasteiger charge is -2.09. The van der Waals surface area contributed by atoms with Crippen molar-refractivity contribution in [3.05, 3.63) is 36.0 Å². The molecule has 1 heterocycles. The van der Waals surface area contributed by atoms with Gasteiger partial charge in [-0.15, -0.1) is 0 Å². The number of aryl methyl sites for hydroxylation is 1. The van der Waals surface area contributed by atoms with Crippen molar-refractivity contribution in [2.75, 3.05) is 11.1 Å². The minimum Gasteiger partial charge on any atom is -0.477 e. The maximum Gasteiger partial charge on any atom is 0.341 e. The van der Waals surface area contributed by atoms with Crippen molar-refractivity contribution in [2.24, 2.45) is 7.05 Å². The van der Waals surface area contributed by atoms with Gasteiger partial charge in [-0.2, -0.15) is 5.10 Å². The first-order chi connectivity index (χ1) is 8.09. The van der Waals surface area contributed by atoms with E-state index in [0.29, 0.717) is 17.2 Å². The average Bonchev–Trinajstić information content (AvgIpc) is 2.64. The number of nitrogens with one attached hydrogen (secondary N) is 1. The van der Waals surface area contributed by atoms with Gasteiger partial charge < -0.3 is 16.2 Å². The molecule has 0 radical (unpaired) electrons. The zero-order chi connectivity index (χ0) is 12.4. The van der Waals surface area contributed by atoms with Crippen LogP contribution >= 0.6 is 0 Å². The summed E-state index contributed by atoms with van der Waals surface area (Å²) in [5.74, 6) is -0.634. The van der Waals surface area contributed by atoms with Gasteiger partial charge in [0.2, 0.25) is 0 Å². The number of hydrogen-bond acceptors (Lipinski definition) is 4. The molecule has 1 aromatic carbocycles. The quantitative estimate of drug-likeness (QED) is 0.696. The summed E-state index contributed by atoms with van der Waals surface area (Å²) >= 11 is 0. The van der Waals surface area contributed by atoms with Crippen LogP contribution < -0.4 is 11.1 Å². The third kappa shape index (κ3) is 2.05. The molecule has 6 nitrogen and oxygen atoms in total. The largest absolute Gasteiger partial charge is 0.477 e. The van der Waals surface area contributed by atoms with Crippen molar-refractivity contribution < 1.29 is 9.90 Å². The Morgan fingerprint density at radius 3 is 2.82 bits per heavy atom. The van der Waals surface area contributed by atoms with Crippen LogP contribution in [0.3, 0.4) is 0 Å². The van der Waals surface area contributed by atoms with Gasteiger partial charge in [-0.3, -0.25) is 4.68 Å². The number of para-hydroxylation sites is 2. The van der Waals surface area contributed by atoms with Crippen LogP contribution in [0.15, 0.2) is 30.5 Å². The molecule has 0 saturated carbocycles. The highest BCUT2D eigenvalue weighted by Gasteiger charge is 2.15. The van der Waals surface area contributed by atoms with Crippen molar-refractivity contribution in [1.29, 1.82) is 0 Å². The lowest BCUT2D eigenvalue weighted by atomic mass is 10.2. The SMILES string of the molecule is Cn1ncc(C(=O)O)c1Nc1ccccc1N. The molecule has 0 spiro atoms. The summed E-state index contributed by atoms with van der Waals surface area (Å²) in [6, 6.07) is 7.13. The van der Waals surface area contributed by atoms with Crippen LogP contribution in [-0.2, 0) is 7.05 Å². The summed E-state index contributed by atoms with van der Waals surface area (Å²) in [4.78, 5) is 11.0. The highest BCUT2D eigenvalue weighted by molar-refractivity contribution is 5.94. The van der Waals surface area contributed by atoms with Crippen molar-refractivity contribution in [3.63, 3.8) is 0 Å². The molecule has 0 fully saturated rings. The molecule has 17 heavy (non-hydrogen) atoms. The smallest absolute Gasteiger partial charge is 0.341 e. The molecule has 2 aromatic rings. The molecule has 0 saturated heterocycles. The van der Waals surface area contributed by atoms with Crippen molar-refractivity contribution >= 4 is 23.2 Å². The number of hydrogen-bond donors (Lipinski definition) is 3. The van der Waals surface area contributed by atoms with E-state index < -0.39 is 5.97 Å². The highest BCUT2D eigenvalue weighted by Crippen LogP contribution is 2.24. The average molecular weight is 232 g/mol. The van der Waals surface area contributed by atoms with E-state index in [-0.39, 0.29) is 5.56 Å². The Morgan fingerprint density at radius 1 is 1.47 bits per heavy atom. The number of nitrogens with zero attached hydrogens (tertiary/aromatic N) is 2. The Morgan fingerprint density at radius 2 is 2.18 bits per heavy atom. The van der Waals surface area contributed by atoms with Crippen molar-refractivity contribution in [2.45, 2.75) is 0 Å². The number of anilines is 3. The van der Waals surface area contributed by atoms with E-state index in [1.54, 1.807) is 19.2 Å². The Hall–Kier alpha value is -2.50. The fraction of sp³-hybridized carbons (Fsp3) is 0.0909. The predicted molar refractivity (Wildman–Crippen MR) is 64.3 cm³/mol. The topological polar surface area (TPSA) is 93.2 Å². The second-order valence-electron chi connectivity index (χ2n) is 3.55. The zero-order valence-electron chi connectivity index (χ0n) is 9.21. The lowest BCUT2D eigenvalue weighted by molar-refractivity contribution is 0.0698. The summed E-state index contributed by atoms with van der Waals surface area (Å²) in [6.07, 6.45) is 1.30. The van der Waals surface area contributed by atoms with Gasteiger partial charge >= 0.3 is 5.97 Å². The van der Waals surface area contributed by atoms with Crippen LogP contribution in [0.25, 0.3) is 0 Å². The Balaban J connectivity index is 2.39. The fourth-order valence-corrected chi connectivity index (χ4v) is 1.48. The van der Waals surface area contributed by atoms with Crippen molar-refractivity contribution in [1.82, 2.24) is 9.78 Å². The molecule has 0 aliphatic heterocycles. The van der Waals surface area contributed by atoms with Gasteiger partial charge in [0.15, 0.2) is 0 Å². The van der Waals surface area contributed by atoms with Gasteiger partial charge in [0.1, 0.15) is 11.4 Å². The highest BCUT2D eigenvalue weighted by atomic mass is 16.4. The number of carbonyl (C=O) groups is 1. The van der Waals surface area contributed by atoms with E-state index in [2.05, 4.69) is 10.4 Å². The van der Waals surface area contributed by atoms with Gasteiger partial charge in [0.25, 0.3) is 0 Å². The zero-order valence-corrected chi connectivity index (χ0v) is 9.21. The second-order valence-corrected chi connectivity index (χ2v) is 3.55. The molecule has 0 atom stereocenters. The third-order valence-corrected chi connectivity index (χ3v) is 2.38. The molecule has 1 aromatic heterocycles. The number of rotatable bonds is 3. The summed E-state index contributed by atoms with van der Waals surface area (Å²) in [5, 5.41) is 15.9. The molecule has 2 rings (SSSR count). The number of carboxylic acids is 1. The minimum atomic E-state index is -1.03. The Labute approximate surface area is 97.7 Å². The van der Waals surface area contributed by atoms with Crippen molar-refractivity contribution in [3.8, 4) is 0 Å². The number of benzene rings is 1. The molecule has 0 bridgehead atoms. The van der Waals surface area contributed by atoms with Gasteiger partial charge in [-0.1, -0.05) is 12.1 Å². The molecular weight excluding hydrogens is 220 g/mol. The fourth-order valence-electron chi connectivity index (χ4n) is 1.48. The van der Waals surface area contributed by atoms with Crippen LogP contribution in [0.1, 0.15) is 10.4 Å². The number of nitrogen functional groups attached to an aromatic ring is 1. The maximum atomic E-state index is 11.0. The second kappa shape index (κ2) is 4.17. The first kappa shape index (κ1) is 11.0. The van der Waals surface area contributed by atoms with E-state index in [9.17, 15) is 4.79 Å². The molecule has 0 unspecified atom stereocenters. The molecule has 0 aliphatic rings. The first-order valence-corrected chi connectivity index (χ1v) is 4.96. The summed E-state index contributed by atoms with van der Waals surface area (Å²) in [5.41, 5.74) is 7.08. The predicted octanol–water partition coefficient (Wildman–Crippen LogP) is 1.44. The van der Waals surface area contributed by atoms with E-state index in [1.165, 1.54) is 10.9 Å². The van der Waals surface area contributed by atoms with E-state index in [4.69, 9.17) is 10.8 Å². The van der Waals surface area contributed by atoms with E-state index in [0.717, 1.165) is 0 Å². The normalized spacial score (nSPS) is 10.2. The first-order valence-electron chi connectivity index (χ1n) is 4.96. The third-order valence-electron chi connectivity index (χ3n) is 2.38.